The van der Waals surface area contributed by atoms with Crippen LogP contribution in [-0.4, -0.2) is 23.8 Å². The van der Waals surface area contributed by atoms with Crippen LogP contribution < -0.4 is 4.78 Å². The third-order valence-corrected chi connectivity index (χ3v) is 3.18. The molecule has 0 atom stereocenters. The summed E-state index contributed by atoms with van der Waals surface area (Å²) in [5.41, 5.74) is 1.11. The van der Waals surface area contributed by atoms with Gasteiger partial charge in [-0.2, -0.15) is 0 Å². The normalized spacial score (nSPS) is 15.8. The summed E-state index contributed by atoms with van der Waals surface area (Å²) < 4.78 is 5.85. The molecule has 1 aliphatic rings. The van der Waals surface area contributed by atoms with Gasteiger partial charge in [0.15, 0.2) is 0 Å². The van der Waals surface area contributed by atoms with Gasteiger partial charge in [0.05, 0.1) is 13.2 Å². The summed E-state index contributed by atoms with van der Waals surface area (Å²) in [6.07, 6.45) is 0.896. The van der Waals surface area contributed by atoms with Crippen LogP contribution in [0.1, 0.15) is 10.4 Å². The van der Waals surface area contributed by atoms with Crippen LogP contribution in [0.15, 0.2) is 6.07 Å². The molecule has 5 heteroatoms. The molecule has 2 heterocycles. The van der Waals surface area contributed by atoms with Crippen molar-refractivity contribution in [1.29, 1.82) is 0 Å². The zero-order chi connectivity index (χ0) is 8.55. The second-order valence-electron chi connectivity index (χ2n) is 2.77. The first-order valence-electron chi connectivity index (χ1n) is 3.83. The minimum Gasteiger partial charge on any atom is -0.423 e. The highest BCUT2D eigenvalue weighted by Gasteiger charge is 2.19. The van der Waals surface area contributed by atoms with Crippen LogP contribution in [0.25, 0.3) is 0 Å². The lowest BCUT2D eigenvalue weighted by molar-refractivity contribution is 0.112. The van der Waals surface area contributed by atoms with Crippen molar-refractivity contribution in [1.82, 2.24) is 0 Å². The van der Waals surface area contributed by atoms with E-state index in [-0.39, 0.29) is 0 Å². The summed E-state index contributed by atoms with van der Waals surface area (Å²) in [6.45, 7) is 1.35. The van der Waals surface area contributed by atoms with Crippen LogP contribution in [-0.2, 0) is 17.8 Å². The first-order valence-corrected chi connectivity index (χ1v) is 4.64. The maximum Gasteiger partial charge on any atom is 0.499 e. The first kappa shape index (κ1) is 8.25. The molecule has 2 N–H and O–H groups in total. The number of hydrogen-bond donors (Lipinski definition) is 2. The molecule has 0 radical (unpaired) electrons. The van der Waals surface area contributed by atoms with Crippen molar-refractivity contribution in [2.45, 2.75) is 13.0 Å². The van der Waals surface area contributed by atoms with Gasteiger partial charge in [-0.1, -0.05) is 0 Å². The van der Waals surface area contributed by atoms with E-state index in [0.717, 1.165) is 18.6 Å². The highest BCUT2D eigenvalue weighted by Crippen LogP contribution is 2.20. The van der Waals surface area contributed by atoms with Gasteiger partial charge in [-0.15, -0.1) is 11.3 Å². The molecular weight excluding hydrogens is 175 g/mol. The quantitative estimate of drug-likeness (QED) is 0.578. The van der Waals surface area contributed by atoms with E-state index in [2.05, 4.69) is 0 Å². The van der Waals surface area contributed by atoms with E-state index in [9.17, 15) is 0 Å². The predicted octanol–water partition coefficient (Wildman–Crippen LogP) is -0.499. The fraction of sp³-hybridized carbons (Fsp3) is 0.429. The minimum absolute atomic E-state index is 0.610. The van der Waals surface area contributed by atoms with Crippen LogP contribution in [0.3, 0.4) is 0 Å². The van der Waals surface area contributed by atoms with Gasteiger partial charge in [0.2, 0.25) is 0 Å². The molecule has 1 aromatic rings. The lowest BCUT2D eigenvalue weighted by atomic mass is 9.89. The Morgan fingerprint density at radius 3 is 3.00 bits per heavy atom. The molecule has 0 amide bonds. The second kappa shape index (κ2) is 3.18. The molecule has 2 rings (SSSR count). The van der Waals surface area contributed by atoms with Gasteiger partial charge in [-0.05, 0) is 11.6 Å². The van der Waals surface area contributed by atoms with Crippen molar-refractivity contribution in [3.63, 3.8) is 0 Å². The largest absolute Gasteiger partial charge is 0.499 e. The average molecular weight is 184 g/mol. The summed E-state index contributed by atoms with van der Waals surface area (Å²) >= 11 is 1.46. The molecule has 12 heavy (non-hydrogen) atoms. The Kier molecular flexibility index (Phi) is 2.19. The van der Waals surface area contributed by atoms with Gasteiger partial charge in [0, 0.05) is 16.1 Å². The zero-order valence-electron chi connectivity index (χ0n) is 6.49. The van der Waals surface area contributed by atoms with Crippen molar-refractivity contribution >= 4 is 23.2 Å². The van der Waals surface area contributed by atoms with Crippen LogP contribution in [0, 0.1) is 0 Å². The van der Waals surface area contributed by atoms with E-state index in [1.165, 1.54) is 16.2 Å². The molecule has 0 fully saturated rings. The smallest absolute Gasteiger partial charge is 0.423 e. The average Bonchev–Trinajstić information content (AvgIpc) is 2.46. The fourth-order valence-electron chi connectivity index (χ4n) is 1.30. The maximum absolute atomic E-state index is 8.90. The van der Waals surface area contributed by atoms with Crippen LogP contribution in [0.4, 0.5) is 0 Å². The number of ether oxygens (including phenoxy) is 1. The molecule has 0 bridgehead atoms. The van der Waals surface area contributed by atoms with Crippen molar-refractivity contribution < 1.29 is 14.8 Å². The molecule has 0 spiro atoms. The monoisotopic (exact) mass is 184 g/mol. The van der Waals surface area contributed by atoms with E-state index < -0.39 is 7.12 Å². The highest BCUT2D eigenvalue weighted by molar-refractivity contribution is 7.22. The SMILES string of the molecule is OB(O)c1cc2c(s1)CCOC2. The lowest BCUT2D eigenvalue weighted by Gasteiger charge is -2.10. The Hall–Kier alpha value is -0.355. The van der Waals surface area contributed by atoms with Gasteiger partial charge in [0.25, 0.3) is 0 Å². The Bertz CT molecular complexity index is 261. The van der Waals surface area contributed by atoms with Crippen molar-refractivity contribution in [2.24, 2.45) is 0 Å². The van der Waals surface area contributed by atoms with E-state index in [1.54, 1.807) is 0 Å². The van der Waals surface area contributed by atoms with E-state index >= 15 is 0 Å². The van der Waals surface area contributed by atoms with E-state index in [0.29, 0.717) is 11.4 Å². The highest BCUT2D eigenvalue weighted by atomic mass is 32.1. The molecule has 0 saturated heterocycles. The Balaban J connectivity index is 2.32. The zero-order valence-corrected chi connectivity index (χ0v) is 7.30. The van der Waals surface area contributed by atoms with Gasteiger partial charge < -0.3 is 14.8 Å². The van der Waals surface area contributed by atoms with Gasteiger partial charge >= 0.3 is 7.12 Å². The number of fused-ring (bicyclic) bond motifs is 1. The Morgan fingerprint density at radius 1 is 1.50 bits per heavy atom. The van der Waals surface area contributed by atoms with Crippen LogP contribution in [0.2, 0.25) is 0 Å². The van der Waals surface area contributed by atoms with Gasteiger partial charge in [-0.3, -0.25) is 0 Å². The Morgan fingerprint density at radius 2 is 2.33 bits per heavy atom. The lowest BCUT2D eigenvalue weighted by Crippen LogP contribution is -2.26. The molecule has 0 saturated carbocycles. The summed E-state index contributed by atoms with van der Waals surface area (Å²) in [5.74, 6) is 0. The minimum atomic E-state index is -1.33. The molecule has 64 valence electrons. The Labute approximate surface area is 74.8 Å². The molecule has 0 aromatic carbocycles. The van der Waals surface area contributed by atoms with Gasteiger partial charge in [-0.25, -0.2) is 0 Å². The number of thiophene rings is 1. The van der Waals surface area contributed by atoms with E-state index in [1.807, 2.05) is 6.07 Å². The maximum atomic E-state index is 8.90. The molecule has 1 aromatic heterocycles. The number of hydrogen-bond acceptors (Lipinski definition) is 4. The summed E-state index contributed by atoms with van der Waals surface area (Å²) in [5, 5.41) is 17.8. The molecule has 0 unspecified atom stereocenters. The standard InChI is InChI=1S/C7H9BO3S/c9-8(10)7-3-5-4-11-2-1-6(5)12-7/h3,9-10H,1-2,4H2. The van der Waals surface area contributed by atoms with Crippen LogP contribution in [0.5, 0.6) is 0 Å². The third-order valence-electron chi connectivity index (χ3n) is 1.90. The van der Waals surface area contributed by atoms with E-state index in [4.69, 9.17) is 14.8 Å². The summed E-state index contributed by atoms with van der Waals surface area (Å²) in [7, 11) is -1.33. The predicted molar refractivity (Wildman–Crippen MR) is 47.5 cm³/mol. The summed E-state index contributed by atoms with van der Waals surface area (Å²) in [4.78, 5) is 1.23. The molecule has 0 aliphatic carbocycles. The molecule has 1 aliphatic heterocycles. The molecule has 3 nitrogen and oxygen atoms in total. The van der Waals surface area contributed by atoms with Crippen LogP contribution >= 0.6 is 11.3 Å². The van der Waals surface area contributed by atoms with Crippen molar-refractivity contribution in [3.8, 4) is 0 Å². The fourth-order valence-corrected chi connectivity index (χ4v) is 2.32. The van der Waals surface area contributed by atoms with Crippen molar-refractivity contribution in [2.75, 3.05) is 6.61 Å². The topological polar surface area (TPSA) is 49.7 Å². The molecular formula is C7H9BO3S. The number of rotatable bonds is 1. The van der Waals surface area contributed by atoms with Gasteiger partial charge in [0.1, 0.15) is 0 Å². The summed E-state index contributed by atoms with van der Waals surface area (Å²) in [6, 6.07) is 1.81. The van der Waals surface area contributed by atoms with Crippen molar-refractivity contribution in [3.05, 3.63) is 16.5 Å². The third kappa shape index (κ3) is 1.41. The first-order chi connectivity index (χ1) is 5.77. The second-order valence-corrected chi connectivity index (χ2v) is 3.94.